The Hall–Kier alpha value is -2.31. The third kappa shape index (κ3) is 3.84. The summed E-state index contributed by atoms with van der Waals surface area (Å²) in [5, 5.41) is 1.89. The van der Waals surface area contributed by atoms with Gasteiger partial charge in [0.05, 0.1) is 6.26 Å². The van der Waals surface area contributed by atoms with Crippen molar-refractivity contribution in [1.82, 2.24) is 5.32 Å². The van der Waals surface area contributed by atoms with Crippen molar-refractivity contribution in [1.29, 1.82) is 0 Å². The van der Waals surface area contributed by atoms with Gasteiger partial charge < -0.3 is 14.9 Å². The van der Waals surface area contributed by atoms with E-state index in [1.165, 1.54) is 12.3 Å². The molecule has 1 aromatic heterocycles. The molecule has 3 amide bonds. The number of rotatable bonds is 4. The summed E-state index contributed by atoms with van der Waals surface area (Å²) in [5.74, 6) is -1.36. The number of aryl methyl sites for hydroxylation is 1. The molecule has 0 bridgehead atoms. The standard InChI is InChI=1S/C12H16N2O5/c1-6(2)9(10(15)14-12(13)17)19-11(16)8-4-5-18-7(8)3/h4-6,9H,1-3H3,(H3,13,14,15,17)/t9-/m1/s1. The lowest BCUT2D eigenvalue weighted by Gasteiger charge is -2.19. The molecular formula is C12H16N2O5. The second-order valence-electron chi connectivity index (χ2n) is 4.31. The predicted molar refractivity (Wildman–Crippen MR) is 65.2 cm³/mol. The number of nitrogens with one attached hydrogen (secondary N) is 1. The van der Waals surface area contributed by atoms with Gasteiger partial charge in [-0.15, -0.1) is 0 Å². The molecule has 0 spiro atoms. The highest BCUT2D eigenvalue weighted by atomic mass is 16.5. The molecule has 0 aliphatic carbocycles. The average molecular weight is 268 g/mol. The number of hydrogen-bond donors (Lipinski definition) is 2. The van der Waals surface area contributed by atoms with E-state index in [0.29, 0.717) is 5.76 Å². The van der Waals surface area contributed by atoms with Crippen LogP contribution in [0.5, 0.6) is 0 Å². The summed E-state index contributed by atoms with van der Waals surface area (Å²) in [7, 11) is 0. The first-order valence-electron chi connectivity index (χ1n) is 5.68. The van der Waals surface area contributed by atoms with Crippen LogP contribution in [0.3, 0.4) is 0 Å². The van der Waals surface area contributed by atoms with Crippen LogP contribution in [-0.2, 0) is 9.53 Å². The zero-order valence-electron chi connectivity index (χ0n) is 10.9. The predicted octanol–water partition coefficient (Wildman–Crippen LogP) is 0.964. The highest BCUT2D eigenvalue weighted by Gasteiger charge is 2.28. The lowest BCUT2D eigenvalue weighted by Crippen LogP contribution is -2.45. The number of carbonyl (C=O) groups excluding carboxylic acids is 3. The Kier molecular flexibility index (Phi) is 4.68. The van der Waals surface area contributed by atoms with Gasteiger partial charge in [0.2, 0.25) is 0 Å². The van der Waals surface area contributed by atoms with Crippen LogP contribution in [0.1, 0.15) is 30.0 Å². The van der Waals surface area contributed by atoms with Gasteiger partial charge in [-0.3, -0.25) is 10.1 Å². The highest BCUT2D eigenvalue weighted by molar-refractivity contribution is 5.98. The Labute approximate surface area is 110 Å². The fourth-order valence-corrected chi connectivity index (χ4v) is 1.46. The summed E-state index contributed by atoms with van der Waals surface area (Å²) >= 11 is 0. The van der Waals surface area contributed by atoms with Crippen LogP contribution in [0.2, 0.25) is 0 Å². The Bertz CT molecular complexity index is 492. The lowest BCUT2D eigenvalue weighted by atomic mass is 10.1. The molecule has 0 saturated carbocycles. The van der Waals surface area contributed by atoms with E-state index in [4.69, 9.17) is 14.9 Å². The van der Waals surface area contributed by atoms with E-state index >= 15 is 0 Å². The molecule has 0 saturated heterocycles. The van der Waals surface area contributed by atoms with Gasteiger partial charge in [0.15, 0.2) is 6.10 Å². The molecule has 104 valence electrons. The largest absolute Gasteiger partial charge is 0.469 e. The van der Waals surface area contributed by atoms with E-state index in [2.05, 4.69) is 0 Å². The average Bonchev–Trinajstić information content (AvgIpc) is 2.70. The van der Waals surface area contributed by atoms with E-state index < -0.39 is 24.0 Å². The van der Waals surface area contributed by atoms with E-state index in [9.17, 15) is 14.4 Å². The number of ether oxygens (including phenoxy) is 1. The van der Waals surface area contributed by atoms with Gasteiger partial charge >= 0.3 is 12.0 Å². The second-order valence-corrected chi connectivity index (χ2v) is 4.31. The number of imide groups is 1. The summed E-state index contributed by atoms with van der Waals surface area (Å²) < 4.78 is 10.1. The first-order valence-corrected chi connectivity index (χ1v) is 5.68. The molecule has 0 fully saturated rings. The number of primary amides is 1. The Morgan fingerprint density at radius 3 is 2.42 bits per heavy atom. The number of urea groups is 1. The number of hydrogen-bond acceptors (Lipinski definition) is 5. The topological polar surface area (TPSA) is 112 Å². The molecule has 1 heterocycles. The molecule has 0 aliphatic heterocycles. The van der Waals surface area contributed by atoms with E-state index in [1.54, 1.807) is 20.8 Å². The molecule has 7 nitrogen and oxygen atoms in total. The van der Waals surface area contributed by atoms with Crippen molar-refractivity contribution in [3.63, 3.8) is 0 Å². The van der Waals surface area contributed by atoms with Crippen LogP contribution in [0.4, 0.5) is 4.79 Å². The molecule has 1 rings (SSSR count). The molecule has 0 radical (unpaired) electrons. The second kappa shape index (κ2) is 6.03. The molecule has 0 aromatic carbocycles. The van der Waals surface area contributed by atoms with Crippen molar-refractivity contribution >= 4 is 17.9 Å². The molecule has 0 aliphatic rings. The maximum atomic E-state index is 11.9. The third-order valence-corrected chi connectivity index (χ3v) is 2.42. The summed E-state index contributed by atoms with van der Waals surface area (Å²) in [6, 6.07) is 0.451. The summed E-state index contributed by atoms with van der Waals surface area (Å²) in [4.78, 5) is 34.2. The van der Waals surface area contributed by atoms with Gasteiger partial charge in [0.1, 0.15) is 11.3 Å². The van der Waals surface area contributed by atoms with Crippen LogP contribution in [0, 0.1) is 12.8 Å². The molecule has 0 unspecified atom stereocenters. The van der Waals surface area contributed by atoms with Crippen LogP contribution >= 0.6 is 0 Å². The minimum Gasteiger partial charge on any atom is -0.469 e. The Morgan fingerprint density at radius 1 is 1.37 bits per heavy atom. The van der Waals surface area contributed by atoms with Gasteiger partial charge in [-0.25, -0.2) is 9.59 Å². The number of carbonyl (C=O) groups is 3. The van der Waals surface area contributed by atoms with Crippen LogP contribution in [0.25, 0.3) is 0 Å². The minimum absolute atomic E-state index is 0.234. The van der Waals surface area contributed by atoms with Crippen molar-refractivity contribution in [3.05, 3.63) is 23.7 Å². The number of furan rings is 1. The Balaban J connectivity index is 2.80. The summed E-state index contributed by atoms with van der Waals surface area (Å²) in [6.45, 7) is 4.96. The van der Waals surface area contributed by atoms with Gasteiger partial charge in [-0.2, -0.15) is 0 Å². The number of esters is 1. The van der Waals surface area contributed by atoms with Gasteiger partial charge in [-0.1, -0.05) is 13.8 Å². The monoisotopic (exact) mass is 268 g/mol. The third-order valence-electron chi connectivity index (χ3n) is 2.42. The first-order chi connectivity index (χ1) is 8.82. The van der Waals surface area contributed by atoms with Gasteiger partial charge in [0.25, 0.3) is 5.91 Å². The minimum atomic E-state index is -1.10. The van der Waals surface area contributed by atoms with Gasteiger partial charge in [-0.05, 0) is 18.9 Å². The molecule has 1 aromatic rings. The normalized spacial score (nSPS) is 12.0. The quantitative estimate of drug-likeness (QED) is 0.790. The maximum Gasteiger partial charge on any atom is 0.342 e. The van der Waals surface area contributed by atoms with Crippen molar-refractivity contribution in [2.24, 2.45) is 11.7 Å². The van der Waals surface area contributed by atoms with E-state index in [0.717, 1.165) is 0 Å². The lowest BCUT2D eigenvalue weighted by molar-refractivity contribution is -0.130. The molecule has 1 atom stereocenters. The fourth-order valence-electron chi connectivity index (χ4n) is 1.46. The van der Waals surface area contributed by atoms with Crippen LogP contribution in [-0.4, -0.2) is 24.0 Å². The van der Waals surface area contributed by atoms with E-state index in [1.807, 2.05) is 5.32 Å². The summed E-state index contributed by atoms with van der Waals surface area (Å²) in [5.41, 5.74) is 5.09. The number of nitrogens with two attached hydrogens (primary N) is 1. The fraction of sp³-hybridized carbons (Fsp3) is 0.417. The van der Waals surface area contributed by atoms with Crippen molar-refractivity contribution in [2.45, 2.75) is 26.9 Å². The smallest absolute Gasteiger partial charge is 0.342 e. The zero-order valence-corrected chi connectivity index (χ0v) is 10.9. The Morgan fingerprint density at radius 2 is 2.00 bits per heavy atom. The molecule has 7 heteroatoms. The summed E-state index contributed by atoms with van der Waals surface area (Å²) in [6.07, 6.45) is 0.245. The SMILES string of the molecule is Cc1occc1C(=O)O[C@@H](C(=O)NC(N)=O)C(C)C. The highest BCUT2D eigenvalue weighted by Crippen LogP contribution is 2.14. The van der Waals surface area contributed by atoms with Crippen LogP contribution < -0.4 is 11.1 Å². The molecule has 19 heavy (non-hydrogen) atoms. The molecular weight excluding hydrogens is 252 g/mol. The van der Waals surface area contributed by atoms with Crippen molar-refractivity contribution in [2.75, 3.05) is 0 Å². The number of amides is 3. The van der Waals surface area contributed by atoms with Gasteiger partial charge in [0, 0.05) is 0 Å². The molecule has 3 N–H and O–H groups in total. The van der Waals surface area contributed by atoms with Crippen molar-refractivity contribution < 1.29 is 23.5 Å². The maximum absolute atomic E-state index is 11.9. The van der Waals surface area contributed by atoms with E-state index in [-0.39, 0.29) is 11.5 Å². The zero-order chi connectivity index (χ0) is 14.6. The first kappa shape index (κ1) is 14.7. The van der Waals surface area contributed by atoms with Crippen molar-refractivity contribution in [3.8, 4) is 0 Å². The van der Waals surface area contributed by atoms with Crippen LogP contribution in [0.15, 0.2) is 16.7 Å².